The first-order chi connectivity index (χ1) is 10.9. The highest BCUT2D eigenvalue weighted by Crippen LogP contribution is 2.25. The van der Waals surface area contributed by atoms with Gasteiger partial charge < -0.3 is 15.3 Å². The summed E-state index contributed by atoms with van der Waals surface area (Å²) in [7, 11) is 0. The Hall–Kier alpha value is -2.37. The van der Waals surface area contributed by atoms with E-state index in [1.165, 1.54) is 12.5 Å². The molecule has 0 aliphatic carbocycles. The van der Waals surface area contributed by atoms with Gasteiger partial charge in [-0.05, 0) is 31.0 Å². The number of amides is 2. The number of benzene rings is 1. The zero-order chi connectivity index (χ0) is 17.0. The number of aliphatic carboxylic acids is 1. The van der Waals surface area contributed by atoms with Crippen LogP contribution in [0.3, 0.4) is 0 Å². The van der Waals surface area contributed by atoms with Crippen molar-refractivity contribution in [2.45, 2.75) is 39.2 Å². The Balaban J connectivity index is 2.01. The van der Waals surface area contributed by atoms with Crippen LogP contribution in [0.1, 0.15) is 32.3 Å². The number of hydrogen-bond donors (Lipinski definition) is 2. The molecule has 1 heterocycles. The molecule has 1 aliphatic rings. The minimum Gasteiger partial charge on any atom is -0.480 e. The van der Waals surface area contributed by atoms with Crippen LogP contribution in [0.2, 0.25) is 0 Å². The molecule has 1 aromatic carbocycles. The van der Waals surface area contributed by atoms with Crippen molar-refractivity contribution in [3.8, 4) is 0 Å². The van der Waals surface area contributed by atoms with Gasteiger partial charge in [0, 0.05) is 18.7 Å². The number of carbonyl (C=O) groups is 3. The van der Waals surface area contributed by atoms with Gasteiger partial charge in [-0.25, -0.2) is 0 Å². The van der Waals surface area contributed by atoms with Crippen molar-refractivity contribution in [1.29, 1.82) is 0 Å². The second kappa shape index (κ2) is 7.26. The number of nitrogens with one attached hydrogen (secondary N) is 1. The topological polar surface area (TPSA) is 86.7 Å². The Morgan fingerprint density at radius 3 is 2.57 bits per heavy atom. The lowest BCUT2D eigenvalue weighted by Crippen LogP contribution is -2.42. The van der Waals surface area contributed by atoms with Crippen LogP contribution in [-0.4, -0.2) is 35.5 Å². The molecule has 1 fully saturated rings. The lowest BCUT2D eigenvalue weighted by atomic mass is 10.1. The fourth-order valence-corrected chi connectivity index (χ4v) is 2.66. The van der Waals surface area contributed by atoms with E-state index in [0.717, 1.165) is 18.5 Å². The van der Waals surface area contributed by atoms with Crippen LogP contribution < -0.4 is 10.2 Å². The van der Waals surface area contributed by atoms with Crippen molar-refractivity contribution in [3.63, 3.8) is 0 Å². The minimum atomic E-state index is -1.09. The van der Waals surface area contributed by atoms with Gasteiger partial charge in [-0.2, -0.15) is 0 Å². The average molecular weight is 318 g/mol. The third kappa shape index (κ3) is 4.09. The van der Waals surface area contributed by atoms with E-state index < -0.39 is 23.8 Å². The summed E-state index contributed by atoms with van der Waals surface area (Å²) >= 11 is 0. The Labute approximate surface area is 135 Å². The van der Waals surface area contributed by atoms with Crippen LogP contribution >= 0.6 is 0 Å². The minimum absolute atomic E-state index is 0.106. The van der Waals surface area contributed by atoms with Gasteiger partial charge in [0.25, 0.3) is 0 Å². The molecule has 2 atom stereocenters. The van der Waals surface area contributed by atoms with Gasteiger partial charge in [0.15, 0.2) is 0 Å². The van der Waals surface area contributed by atoms with Crippen molar-refractivity contribution in [2.75, 3.05) is 11.4 Å². The number of rotatable bonds is 6. The smallest absolute Gasteiger partial charge is 0.325 e. The molecule has 23 heavy (non-hydrogen) atoms. The van der Waals surface area contributed by atoms with Gasteiger partial charge in [-0.3, -0.25) is 14.4 Å². The van der Waals surface area contributed by atoms with Crippen molar-refractivity contribution in [2.24, 2.45) is 5.92 Å². The molecule has 0 bridgehead atoms. The van der Waals surface area contributed by atoms with Crippen LogP contribution in [0.4, 0.5) is 5.69 Å². The quantitative estimate of drug-likeness (QED) is 0.834. The molecule has 0 saturated carbocycles. The Morgan fingerprint density at radius 1 is 1.35 bits per heavy atom. The molecule has 124 valence electrons. The summed E-state index contributed by atoms with van der Waals surface area (Å²) in [5.74, 6) is -2.11. The third-order valence-corrected chi connectivity index (χ3v) is 4.01. The molecule has 0 radical (unpaired) electrons. The first kappa shape index (κ1) is 17.0. The van der Waals surface area contributed by atoms with Gasteiger partial charge in [0.05, 0.1) is 5.92 Å². The maximum atomic E-state index is 12.1. The second-order valence-electron chi connectivity index (χ2n) is 5.89. The van der Waals surface area contributed by atoms with Gasteiger partial charge in [0.2, 0.25) is 11.8 Å². The largest absolute Gasteiger partial charge is 0.480 e. The Kier molecular flexibility index (Phi) is 5.36. The number of carbonyl (C=O) groups excluding carboxylic acids is 2. The van der Waals surface area contributed by atoms with E-state index in [-0.39, 0.29) is 18.9 Å². The van der Waals surface area contributed by atoms with Crippen molar-refractivity contribution < 1.29 is 19.5 Å². The Bertz CT molecular complexity index is 597. The van der Waals surface area contributed by atoms with Crippen LogP contribution in [-0.2, 0) is 20.8 Å². The van der Waals surface area contributed by atoms with E-state index in [2.05, 4.69) is 12.2 Å². The summed E-state index contributed by atoms with van der Waals surface area (Å²) in [6.07, 6.45) is 2.16. The first-order valence-electron chi connectivity index (χ1n) is 7.84. The third-order valence-electron chi connectivity index (χ3n) is 4.01. The van der Waals surface area contributed by atoms with E-state index in [1.54, 1.807) is 4.90 Å². The van der Waals surface area contributed by atoms with Crippen LogP contribution in [0.15, 0.2) is 24.3 Å². The highest BCUT2D eigenvalue weighted by Gasteiger charge is 2.35. The van der Waals surface area contributed by atoms with E-state index >= 15 is 0 Å². The predicted molar refractivity (Wildman–Crippen MR) is 86.1 cm³/mol. The fourth-order valence-electron chi connectivity index (χ4n) is 2.66. The molecular weight excluding hydrogens is 296 g/mol. The summed E-state index contributed by atoms with van der Waals surface area (Å²) < 4.78 is 0. The van der Waals surface area contributed by atoms with E-state index in [1.807, 2.05) is 24.3 Å². The molecule has 6 nitrogen and oxygen atoms in total. The van der Waals surface area contributed by atoms with E-state index in [0.29, 0.717) is 0 Å². The number of aryl methyl sites for hydroxylation is 1. The molecule has 2 rings (SSSR count). The van der Waals surface area contributed by atoms with Crippen LogP contribution in [0, 0.1) is 5.92 Å². The van der Waals surface area contributed by atoms with Crippen molar-refractivity contribution >= 4 is 23.5 Å². The van der Waals surface area contributed by atoms with Gasteiger partial charge in [-0.1, -0.05) is 25.5 Å². The maximum Gasteiger partial charge on any atom is 0.325 e. The van der Waals surface area contributed by atoms with Gasteiger partial charge >= 0.3 is 5.97 Å². The standard InChI is InChI=1S/C17H22N2O4/c1-3-4-12-5-7-14(8-6-12)19-10-13(9-15(19)20)16(21)18-11(2)17(22)23/h5-8,11,13H,3-4,9-10H2,1-2H3,(H,18,21)(H,22,23)/t11-,13?/m0/s1. The molecule has 0 spiro atoms. The lowest BCUT2D eigenvalue weighted by molar-refractivity contribution is -0.141. The monoisotopic (exact) mass is 318 g/mol. The molecule has 6 heteroatoms. The van der Waals surface area contributed by atoms with E-state index in [9.17, 15) is 14.4 Å². The number of nitrogens with zero attached hydrogens (tertiary/aromatic N) is 1. The Morgan fingerprint density at radius 2 is 2.00 bits per heavy atom. The summed E-state index contributed by atoms with van der Waals surface area (Å²) in [5, 5.41) is 11.3. The summed E-state index contributed by atoms with van der Waals surface area (Å²) in [4.78, 5) is 36.6. The lowest BCUT2D eigenvalue weighted by Gasteiger charge is -2.17. The molecule has 1 saturated heterocycles. The molecule has 1 aliphatic heterocycles. The number of carboxylic acids is 1. The molecule has 0 aromatic heterocycles. The highest BCUT2D eigenvalue weighted by atomic mass is 16.4. The fraction of sp³-hybridized carbons (Fsp3) is 0.471. The molecule has 2 amide bonds. The molecular formula is C17H22N2O4. The summed E-state index contributed by atoms with van der Waals surface area (Å²) in [6.45, 7) is 3.80. The molecule has 1 aromatic rings. The van der Waals surface area contributed by atoms with Crippen molar-refractivity contribution in [1.82, 2.24) is 5.32 Å². The zero-order valence-corrected chi connectivity index (χ0v) is 13.4. The molecule has 1 unspecified atom stereocenters. The second-order valence-corrected chi connectivity index (χ2v) is 5.89. The van der Waals surface area contributed by atoms with E-state index in [4.69, 9.17) is 5.11 Å². The number of carboxylic acid groups (broad SMARTS) is 1. The number of anilines is 1. The highest BCUT2D eigenvalue weighted by molar-refractivity contribution is 6.00. The summed E-state index contributed by atoms with van der Waals surface area (Å²) in [5.41, 5.74) is 1.99. The first-order valence-corrected chi connectivity index (χ1v) is 7.84. The average Bonchev–Trinajstić information content (AvgIpc) is 2.90. The normalized spacial score (nSPS) is 18.8. The van der Waals surface area contributed by atoms with Crippen molar-refractivity contribution in [3.05, 3.63) is 29.8 Å². The summed E-state index contributed by atoms with van der Waals surface area (Å²) in [6, 6.07) is 6.81. The number of hydrogen-bond acceptors (Lipinski definition) is 3. The zero-order valence-electron chi connectivity index (χ0n) is 13.4. The van der Waals surface area contributed by atoms with Gasteiger partial charge in [-0.15, -0.1) is 0 Å². The SMILES string of the molecule is CCCc1ccc(N2CC(C(=O)N[C@@H](C)C(=O)O)CC2=O)cc1. The molecule has 2 N–H and O–H groups in total. The van der Waals surface area contributed by atoms with Crippen LogP contribution in [0.25, 0.3) is 0 Å². The predicted octanol–water partition coefficient (Wildman–Crippen LogP) is 1.58. The van der Waals surface area contributed by atoms with Crippen LogP contribution in [0.5, 0.6) is 0 Å². The van der Waals surface area contributed by atoms with Gasteiger partial charge in [0.1, 0.15) is 6.04 Å². The maximum absolute atomic E-state index is 12.1.